The Balaban J connectivity index is 1.65. The third-order valence-electron chi connectivity index (χ3n) is 5.05. The Bertz CT molecular complexity index is 916. The maximum atomic E-state index is 12.7. The quantitative estimate of drug-likeness (QED) is 0.811. The second-order valence-electron chi connectivity index (χ2n) is 7.69. The van der Waals surface area contributed by atoms with Crippen molar-refractivity contribution in [3.8, 4) is 11.8 Å². The van der Waals surface area contributed by atoms with Crippen molar-refractivity contribution < 1.29 is 9.59 Å². The number of hydrogen-bond donors (Lipinski definition) is 1. The third kappa shape index (κ3) is 6.22. The van der Waals surface area contributed by atoms with Crippen molar-refractivity contribution in [2.75, 3.05) is 13.1 Å². The predicted molar refractivity (Wildman–Crippen MR) is 116 cm³/mol. The maximum Gasteiger partial charge on any atom is 0.253 e. The molecule has 2 aromatic carbocycles. The minimum absolute atomic E-state index is 0.0130. The van der Waals surface area contributed by atoms with Gasteiger partial charge >= 0.3 is 0 Å². The summed E-state index contributed by atoms with van der Waals surface area (Å²) in [5.41, 5.74) is 3.64. The topological polar surface area (TPSA) is 49.4 Å². The van der Waals surface area contributed by atoms with Gasteiger partial charge in [0.05, 0.1) is 0 Å². The number of likely N-dealkylation sites (tertiary alicyclic amines) is 1. The van der Waals surface area contributed by atoms with Gasteiger partial charge in [-0.05, 0) is 68.5 Å². The van der Waals surface area contributed by atoms with Crippen molar-refractivity contribution in [1.29, 1.82) is 0 Å². The highest BCUT2D eigenvalue weighted by Crippen LogP contribution is 2.14. The molecule has 1 saturated heterocycles. The van der Waals surface area contributed by atoms with Gasteiger partial charge in [0.2, 0.25) is 5.91 Å². The highest BCUT2D eigenvalue weighted by Gasteiger charge is 2.17. The summed E-state index contributed by atoms with van der Waals surface area (Å²) in [4.78, 5) is 25.7. The van der Waals surface area contributed by atoms with Crippen molar-refractivity contribution in [2.45, 2.75) is 45.6 Å². The highest BCUT2D eigenvalue weighted by atomic mass is 16.2. The van der Waals surface area contributed by atoms with Crippen LogP contribution in [-0.2, 0) is 11.2 Å². The molecule has 2 aromatic rings. The second kappa shape index (κ2) is 9.93. The summed E-state index contributed by atoms with van der Waals surface area (Å²) >= 11 is 0. The number of rotatable bonds is 4. The molecule has 1 N–H and O–H groups in total. The molecule has 1 unspecified atom stereocenters. The lowest BCUT2D eigenvalue weighted by atomic mass is 10.0. The Morgan fingerprint density at radius 3 is 2.38 bits per heavy atom. The molecule has 1 aliphatic heterocycles. The Morgan fingerprint density at radius 1 is 1.00 bits per heavy atom. The van der Waals surface area contributed by atoms with Gasteiger partial charge in [-0.2, -0.15) is 0 Å². The second-order valence-corrected chi connectivity index (χ2v) is 7.69. The number of piperidine rings is 1. The third-order valence-corrected chi connectivity index (χ3v) is 5.05. The van der Waals surface area contributed by atoms with E-state index in [4.69, 9.17) is 0 Å². The minimum atomic E-state index is -0.0130. The van der Waals surface area contributed by atoms with Crippen LogP contribution in [0.25, 0.3) is 0 Å². The highest BCUT2D eigenvalue weighted by molar-refractivity contribution is 5.94. The zero-order valence-electron chi connectivity index (χ0n) is 17.2. The van der Waals surface area contributed by atoms with E-state index >= 15 is 0 Å². The average Bonchev–Trinajstić information content (AvgIpc) is 2.73. The molecular formula is C25H28N2O2. The fourth-order valence-corrected chi connectivity index (χ4v) is 3.63. The van der Waals surface area contributed by atoms with Gasteiger partial charge in [0.15, 0.2) is 0 Å². The molecule has 29 heavy (non-hydrogen) atoms. The molecule has 0 radical (unpaired) electrons. The van der Waals surface area contributed by atoms with Crippen molar-refractivity contribution in [3.05, 3.63) is 70.8 Å². The van der Waals surface area contributed by atoms with Crippen LogP contribution in [0.1, 0.15) is 60.2 Å². The number of benzene rings is 2. The van der Waals surface area contributed by atoms with E-state index in [-0.39, 0.29) is 17.9 Å². The van der Waals surface area contributed by atoms with Crippen LogP contribution in [0.3, 0.4) is 0 Å². The first-order valence-corrected chi connectivity index (χ1v) is 10.3. The van der Waals surface area contributed by atoms with Gasteiger partial charge in [0, 0.05) is 42.7 Å². The van der Waals surface area contributed by atoms with Gasteiger partial charge in [-0.3, -0.25) is 9.59 Å². The summed E-state index contributed by atoms with van der Waals surface area (Å²) in [5, 5.41) is 2.89. The van der Waals surface area contributed by atoms with Gasteiger partial charge in [-0.25, -0.2) is 0 Å². The number of amides is 2. The first-order chi connectivity index (χ1) is 14.0. The predicted octanol–water partition coefficient (Wildman–Crippen LogP) is 3.78. The summed E-state index contributed by atoms with van der Waals surface area (Å²) in [6.07, 6.45) is 4.17. The van der Waals surface area contributed by atoms with Crippen LogP contribution in [-0.4, -0.2) is 35.8 Å². The van der Waals surface area contributed by atoms with Crippen LogP contribution >= 0.6 is 0 Å². The number of nitrogens with zero attached hydrogens (tertiary/aromatic N) is 1. The zero-order valence-corrected chi connectivity index (χ0v) is 17.2. The van der Waals surface area contributed by atoms with E-state index in [0.717, 1.165) is 49.0 Å². The van der Waals surface area contributed by atoms with E-state index in [0.29, 0.717) is 5.56 Å². The molecule has 1 fully saturated rings. The lowest BCUT2D eigenvalue weighted by molar-refractivity contribution is -0.119. The van der Waals surface area contributed by atoms with E-state index in [9.17, 15) is 9.59 Å². The largest absolute Gasteiger partial charge is 0.354 e. The minimum Gasteiger partial charge on any atom is -0.354 e. The first kappa shape index (κ1) is 20.7. The molecule has 0 aliphatic carbocycles. The molecule has 3 rings (SSSR count). The SMILES string of the molecule is CC(=O)NC(C)Cc1ccc(C#Cc2cccc(C(=O)N3CCCCC3)c2)cc1. The van der Waals surface area contributed by atoms with Crippen LogP contribution < -0.4 is 5.32 Å². The van der Waals surface area contributed by atoms with Crippen LogP contribution in [0.5, 0.6) is 0 Å². The number of carbonyl (C=O) groups is 2. The van der Waals surface area contributed by atoms with Gasteiger partial charge in [-0.15, -0.1) is 0 Å². The zero-order chi connectivity index (χ0) is 20.6. The Hall–Kier alpha value is -3.06. The van der Waals surface area contributed by atoms with Crippen molar-refractivity contribution in [3.63, 3.8) is 0 Å². The van der Waals surface area contributed by atoms with Crippen LogP contribution in [0.2, 0.25) is 0 Å². The van der Waals surface area contributed by atoms with E-state index < -0.39 is 0 Å². The van der Waals surface area contributed by atoms with Crippen LogP contribution in [0.4, 0.5) is 0 Å². The van der Waals surface area contributed by atoms with Crippen molar-refractivity contribution >= 4 is 11.8 Å². The number of carbonyl (C=O) groups excluding carboxylic acids is 2. The molecule has 1 atom stereocenters. The summed E-state index contributed by atoms with van der Waals surface area (Å²) in [7, 11) is 0. The van der Waals surface area contributed by atoms with Crippen LogP contribution in [0, 0.1) is 11.8 Å². The molecule has 4 nitrogen and oxygen atoms in total. The molecular weight excluding hydrogens is 360 g/mol. The molecule has 0 aromatic heterocycles. The summed E-state index contributed by atoms with van der Waals surface area (Å²) in [5.74, 6) is 6.43. The number of hydrogen-bond acceptors (Lipinski definition) is 2. The first-order valence-electron chi connectivity index (χ1n) is 10.3. The normalized spacial score (nSPS) is 14.5. The molecule has 1 heterocycles. The molecule has 4 heteroatoms. The molecule has 0 saturated carbocycles. The monoisotopic (exact) mass is 388 g/mol. The van der Waals surface area contributed by atoms with Gasteiger partial charge in [-0.1, -0.05) is 30.0 Å². The molecule has 1 aliphatic rings. The van der Waals surface area contributed by atoms with Crippen LogP contribution in [0.15, 0.2) is 48.5 Å². The lowest BCUT2D eigenvalue weighted by Gasteiger charge is -2.26. The van der Waals surface area contributed by atoms with Crippen molar-refractivity contribution in [1.82, 2.24) is 10.2 Å². The van der Waals surface area contributed by atoms with Crippen molar-refractivity contribution in [2.24, 2.45) is 0 Å². The average molecular weight is 389 g/mol. The molecule has 2 amide bonds. The summed E-state index contributed by atoms with van der Waals surface area (Å²) in [6.45, 7) is 5.22. The Kier molecular flexibility index (Phi) is 7.08. The molecule has 0 spiro atoms. The maximum absolute atomic E-state index is 12.7. The Labute approximate surface area is 173 Å². The van der Waals surface area contributed by atoms with E-state index in [1.54, 1.807) is 0 Å². The fourth-order valence-electron chi connectivity index (χ4n) is 3.63. The lowest BCUT2D eigenvalue weighted by Crippen LogP contribution is -2.35. The standard InChI is InChI=1S/C25H28N2O2/c1-19(26-20(2)28)17-23-13-10-21(11-14-23)9-12-22-7-6-8-24(18-22)25(29)27-15-4-3-5-16-27/h6-8,10-11,13-14,18-19H,3-5,15-17H2,1-2H3,(H,26,28). The summed E-state index contributed by atoms with van der Waals surface area (Å²) < 4.78 is 0. The number of nitrogens with one attached hydrogen (secondary N) is 1. The Morgan fingerprint density at radius 2 is 1.69 bits per heavy atom. The smallest absolute Gasteiger partial charge is 0.253 e. The van der Waals surface area contributed by atoms with E-state index in [1.807, 2.05) is 60.4 Å². The van der Waals surface area contributed by atoms with E-state index in [1.165, 1.54) is 13.3 Å². The van der Waals surface area contributed by atoms with E-state index in [2.05, 4.69) is 17.2 Å². The van der Waals surface area contributed by atoms with Gasteiger partial charge in [0.25, 0.3) is 5.91 Å². The fraction of sp³-hybridized carbons (Fsp3) is 0.360. The molecule has 150 valence electrons. The van der Waals surface area contributed by atoms with Gasteiger partial charge < -0.3 is 10.2 Å². The van der Waals surface area contributed by atoms with Gasteiger partial charge in [0.1, 0.15) is 0 Å². The molecule has 0 bridgehead atoms. The summed E-state index contributed by atoms with van der Waals surface area (Å²) in [6, 6.07) is 15.7.